The summed E-state index contributed by atoms with van der Waals surface area (Å²) in [5.41, 5.74) is 0.0104. The molecule has 7 nitrogen and oxygen atoms in total. The Bertz CT molecular complexity index is 1520. The van der Waals surface area contributed by atoms with Gasteiger partial charge < -0.3 is 10.2 Å². The second kappa shape index (κ2) is 14.3. The molecular formula is C31H35ClF3N3O4S. The van der Waals surface area contributed by atoms with Crippen LogP contribution in [0, 0.1) is 12.8 Å². The molecule has 0 aliphatic heterocycles. The molecule has 3 aromatic carbocycles. The smallest absolute Gasteiger partial charge is 0.354 e. The average Bonchev–Trinajstić information content (AvgIpc) is 2.95. The highest BCUT2D eigenvalue weighted by Gasteiger charge is 2.37. The zero-order valence-corrected chi connectivity index (χ0v) is 25.9. The molecule has 0 fully saturated rings. The summed E-state index contributed by atoms with van der Waals surface area (Å²) in [6, 6.07) is 15.6. The van der Waals surface area contributed by atoms with Gasteiger partial charge in [0.25, 0.3) is 10.0 Å². The number of anilines is 1. The molecule has 0 unspecified atom stereocenters. The van der Waals surface area contributed by atoms with Crippen LogP contribution in [0.2, 0.25) is 5.02 Å². The van der Waals surface area contributed by atoms with Gasteiger partial charge in [-0.3, -0.25) is 13.9 Å². The third kappa shape index (κ3) is 8.73. The number of nitrogens with zero attached hydrogens (tertiary/aromatic N) is 2. The van der Waals surface area contributed by atoms with Crippen molar-refractivity contribution in [2.45, 2.75) is 57.8 Å². The van der Waals surface area contributed by atoms with Crippen molar-refractivity contribution >= 4 is 39.1 Å². The van der Waals surface area contributed by atoms with E-state index in [2.05, 4.69) is 5.32 Å². The average molecular weight is 638 g/mol. The molecule has 0 saturated carbocycles. The minimum absolute atomic E-state index is 0.0394. The van der Waals surface area contributed by atoms with Crippen LogP contribution in [-0.2, 0) is 32.3 Å². The highest BCUT2D eigenvalue weighted by Crippen LogP contribution is 2.37. The zero-order valence-electron chi connectivity index (χ0n) is 24.4. The fraction of sp³-hybridized carbons (Fsp3) is 0.355. The standard InChI is InChI=1S/C31H35ClF3N3O4S/c1-5-27(30(40)36-18-21(2)3)37(19-23-13-11-22(4)12-14-23)29(39)20-38(43(41,42)25-9-7-6-8-10-25)28-17-24(31(33,34)35)15-16-26(28)32/h6-17,21,27H,5,18-20H2,1-4H3,(H,36,40)/t27-/m0/s1. The van der Waals surface area contributed by atoms with Crippen molar-refractivity contribution in [3.63, 3.8) is 0 Å². The van der Waals surface area contributed by atoms with Crippen molar-refractivity contribution in [1.29, 1.82) is 0 Å². The summed E-state index contributed by atoms with van der Waals surface area (Å²) in [5, 5.41) is 2.53. The van der Waals surface area contributed by atoms with Crippen LogP contribution in [0.15, 0.2) is 77.7 Å². The summed E-state index contributed by atoms with van der Waals surface area (Å²) < 4.78 is 69.4. The molecule has 2 amide bonds. The summed E-state index contributed by atoms with van der Waals surface area (Å²) in [4.78, 5) is 28.4. The van der Waals surface area contributed by atoms with E-state index in [0.29, 0.717) is 22.5 Å². The number of alkyl halides is 3. The molecule has 0 aliphatic carbocycles. The maximum atomic E-state index is 14.1. The van der Waals surface area contributed by atoms with Crippen LogP contribution in [0.1, 0.15) is 43.9 Å². The lowest BCUT2D eigenvalue weighted by Gasteiger charge is -2.33. The maximum absolute atomic E-state index is 14.1. The van der Waals surface area contributed by atoms with E-state index >= 15 is 0 Å². The Hall–Kier alpha value is -3.57. The number of rotatable bonds is 12. The quantitative estimate of drug-likeness (QED) is 0.248. The van der Waals surface area contributed by atoms with E-state index in [-0.39, 0.29) is 28.8 Å². The van der Waals surface area contributed by atoms with Gasteiger partial charge in [0.15, 0.2) is 0 Å². The molecule has 0 spiro atoms. The molecule has 0 radical (unpaired) electrons. The maximum Gasteiger partial charge on any atom is 0.416 e. The second-order valence-corrected chi connectivity index (χ2v) is 12.8. The van der Waals surface area contributed by atoms with Crippen molar-refractivity contribution in [3.05, 3.63) is 94.5 Å². The Morgan fingerprint density at radius 1 is 0.977 bits per heavy atom. The number of hydrogen-bond donors (Lipinski definition) is 1. The van der Waals surface area contributed by atoms with Gasteiger partial charge in [-0.25, -0.2) is 8.42 Å². The number of aryl methyl sites for hydroxylation is 1. The summed E-state index contributed by atoms with van der Waals surface area (Å²) >= 11 is 6.29. The summed E-state index contributed by atoms with van der Waals surface area (Å²) in [7, 11) is -4.59. The van der Waals surface area contributed by atoms with Crippen LogP contribution < -0.4 is 9.62 Å². The molecule has 232 valence electrons. The highest BCUT2D eigenvalue weighted by atomic mass is 35.5. The number of halogens is 4. The third-order valence-corrected chi connectivity index (χ3v) is 8.79. The molecule has 12 heteroatoms. The number of carbonyl (C=O) groups excluding carboxylic acids is 2. The SMILES string of the molecule is CC[C@@H](C(=O)NCC(C)C)N(Cc1ccc(C)cc1)C(=O)CN(c1cc(C(F)(F)F)ccc1Cl)S(=O)(=O)c1ccccc1. The van der Waals surface area contributed by atoms with Gasteiger partial charge in [0, 0.05) is 13.1 Å². The minimum Gasteiger partial charge on any atom is -0.354 e. The fourth-order valence-corrected chi connectivity index (χ4v) is 6.06. The largest absolute Gasteiger partial charge is 0.416 e. The number of nitrogens with one attached hydrogen (secondary N) is 1. The lowest BCUT2D eigenvalue weighted by atomic mass is 10.1. The van der Waals surface area contributed by atoms with Crippen LogP contribution in [-0.4, -0.2) is 44.3 Å². The van der Waals surface area contributed by atoms with E-state index in [1.54, 1.807) is 25.1 Å². The van der Waals surface area contributed by atoms with Gasteiger partial charge in [-0.2, -0.15) is 13.2 Å². The van der Waals surface area contributed by atoms with Crippen molar-refractivity contribution in [1.82, 2.24) is 10.2 Å². The van der Waals surface area contributed by atoms with Crippen molar-refractivity contribution < 1.29 is 31.2 Å². The second-order valence-electron chi connectivity index (χ2n) is 10.6. The lowest BCUT2D eigenvalue weighted by Crippen LogP contribution is -2.52. The predicted molar refractivity (Wildman–Crippen MR) is 161 cm³/mol. The van der Waals surface area contributed by atoms with Crippen molar-refractivity contribution in [2.75, 3.05) is 17.4 Å². The first-order valence-corrected chi connectivity index (χ1v) is 15.5. The summed E-state index contributed by atoms with van der Waals surface area (Å²) in [6.45, 7) is 6.86. The first-order valence-electron chi connectivity index (χ1n) is 13.7. The molecule has 0 bridgehead atoms. The fourth-order valence-electron chi connectivity index (χ4n) is 4.35. The summed E-state index contributed by atoms with van der Waals surface area (Å²) in [5.74, 6) is -1.08. The summed E-state index contributed by atoms with van der Waals surface area (Å²) in [6.07, 6.45) is -4.60. The molecule has 43 heavy (non-hydrogen) atoms. The first kappa shape index (κ1) is 33.9. The molecule has 0 aliphatic rings. The van der Waals surface area contributed by atoms with Gasteiger partial charge in [0.05, 0.1) is 21.2 Å². The van der Waals surface area contributed by atoms with Crippen molar-refractivity contribution in [3.8, 4) is 0 Å². The van der Waals surface area contributed by atoms with Crippen molar-refractivity contribution in [2.24, 2.45) is 5.92 Å². The Morgan fingerprint density at radius 2 is 1.60 bits per heavy atom. The van der Waals surface area contributed by atoms with Gasteiger partial charge in [-0.15, -0.1) is 0 Å². The van der Waals surface area contributed by atoms with E-state index in [0.717, 1.165) is 17.7 Å². The lowest BCUT2D eigenvalue weighted by molar-refractivity contribution is -0.140. The van der Waals surface area contributed by atoms with Crippen LogP contribution in [0.4, 0.5) is 18.9 Å². The molecule has 0 heterocycles. The topological polar surface area (TPSA) is 86.8 Å². The Labute approximate surface area is 255 Å². The number of amides is 2. The van der Waals surface area contributed by atoms with Gasteiger partial charge in [-0.1, -0.05) is 80.4 Å². The highest BCUT2D eigenvalue weighted by molar-refractivity contribution is 7.92. The number of carbonyl (C=O) groups is 2. The zero-order chi connectivity index (χ0) is 31.9. The normalized spacial score (nSPS) is 12.6. The van der Waals surface area contributed by atoms with E-state index in [1.165, 1.54) is 29.2 Å². The Kier molecular flexibility index (Phi) is 11.3. The molecule has 0 aromatic heterocycles. The van der Waals surface area contributed by atoms with E-state index in [9.17, 15) is 31.2 Å². The molecule has 3 rings (SSSR count). The van der Waals surface area contributed by atoms with E-state index < -0.39 is 51.9 Å². The molecule has 3 aromatic rings. The van der Waals surface area contributed by atoms with Crippen LogP contribution in [0.5, 0.6) is 0 Å². The van der Waals surface area contributed by atoms with Gasteiger partial charge in [-0.05, 0) is 55.2 Å². The number of hydrogen-bond acceptors (Lipinski definition) is 4. The molecule has 1 N–H and O–H groups in total. The van der Waals surface area contributed by atoms with Crippen LogP contribution in [0.25, 0.3) is 0 Å². The Balaban J connectivity index is 2.13. The monoisotopic (exact) mass is 637 g/mol. The van der Waals surface area contributed by atoms with E-state index in [4.69, 9.17) is 11.6 Å². The Morgan fingerprint density at radius 3 is 2.16 bits per heavy atom. The van der Waals surface area contributed by atoms with Crippen LogP contribution >= 0.6 is 11.6 Å². The number of sulfonamides is 1. The minimum atomic E-state index is -4.80. The molecule has 0 saturated heterocycles. The van der Waals surface area contributed by atoms with Gasteiger partial charge in [0.1, 0.15) is 12.6 Å². The predicted octanol–water partition coefficient (Wildman–Crippen LogP) is 6.44. The van der Waals surface area contributed by atoms with Gasteiger partial charge >= 0.3 is 6.18 Å². The van der Waals surface area contributed by atoms with E-state index in [1.807, 2.05) is 32.9 Å². The number of benzene rings is 3. The first-order chi connectivity index (χ1) is 20.1. The third-order valence-electron chi connectivity index (χ3n) is 6.70. The van der Waals surface area contributed by atoms with Gasteiger partial charge in [0.2, 0.25) is 11.8 Å². The van der Waals surface area contributed by atoms with Crippen LogP contribution in [0.3, 0.4) is 0 Å². The molecular weight excluding hydrogens is 603 g/mol. The molecule has 1 atom stereocenters.